The fraction of sp³-hybridized carbons (Fsp3) is 0.143. The van der Waals surface area contributed by atoms with E-state index in [1.165, 1.54) is 28.7 Å². The maximum atomic E-state index is 12.7. The number of aromatic nitrogens is 1. The zero-order valence-electron chi connectivity index (χ0n) is 7.29. The van der Waals surface area contributed by atoms with E-state index in [1.807, 2.05) is 0 Å². The number of alkyl halides is 2. The van der Waals surface area contributed by atoms with E-state index < -0.39 is 31.5 Å². The van der Waals surface area contributed by atoms with E-state index in [1.54, 1.807) is 0 Å². The molecule has 0 N–H and O–H groups in total. The van der Waals surface area contributed by atoms with Crippen LogP contribution in [0.4, 0.5) is 8.78 Å². The van der Waals surface area contributed by atoms with Gasteiger partial charge in [0.15, 0.2) is 0 Å². The molecule has 0 aromatic carbocycles. The third-order valence-corrected chi connectivity index (χ3v) is 4.16. The Hall–Kier alpha value is -0.530. The van der Waals surface area contributed by atoms with Crippen molar-refractivity contribution < 1.29 is 17.2 Å². The van der Waals surface area contributed by atoms with Crippen molar-refractivity contribution >= 4 is 42.3 Å². The molecule has 0 atom stereocenters. The first-order valence-electron chi connectivity index (χ1n) is 3.60. The van der Waals surface area contributed by atoms with Crippen LogP contribution in [-0.4, -0.2) is 13.4 Å². The van der Waals surface area contributed by atoms with Gasteiger partial charge in [0.05, 0.1) is 11.1 Å². The van der Waals surface area contributed by atoms with Gasteiger partial charge in [0, 0.05) is 16.9 Å². The summed E-state index contributed by atoms with van der Waals surface area (Å²) < 4.78 is 47.4. The lowest BCUT2D eigenvalue weighted by molar-refractivity contribution is 0.147. The van der Waals surface area contributed by atoms with Crippen LogP contribution < -0.4 is 0 Å². The summed E-state index contributed by atoms with van der Waals surface area (Å²) in [5, 5.41) is 8.58. The highest BCUT2D eigenvalue weighted by atomic mass is 127. The third kappa shape index (κ3) is 2.58. The van der Waals surface area contributed by atoms with Crippen molar-refractivity contribution in [2.75, 3.05) is 0 Å². The van der Waals surface area contributed by atoms with Crippen LogP contribution in [-0.2, 0) is 9.05 Å². The second-order valence-electron chi connectivity index (χ2n) is 2.56. The second kappa shape index (κ2) is 4.77. The lowest BCUT2D eigenvalue weighted by Gasteiger charge is -2.08. The Kier molecular flexibility index (Phi) is 4.03. The van der Waals surface area contributed by atoms with Gasteiger partial charge < -0.3 is 0 Å². The molecule has 9 heteroatoms. The van der Waals surface area contributed by atoms with E-state index >= 15 is 0 Å². The number of hydrogen-bond donors (Lipinski definition) is 0. The highest BCUT2D eigenvalue weighted by Crippen LogP contribution is 2.33. The lowest BCUT2D eigenvalue weighted by atomic mass is 10.1. The first-order chi connectivity index (χ1) is 7.29. The molecule has 16 heavy (non-hydrogen) atoms. The van der Waals surface area contributed by atoms with Crippen LogP contribution >= 0.6 is 33.3 Å². The molecular weight excluding hydrogens is 377 g/mol. The van der Waals surface area contributed by atoms with Crippen LogP contribution in [0.3, 0.4) is 0 Å². The summed E-state index contributed by atoms with van der Waals surface area (Å²) in [6.45, 7) is 0. The zero-order chi connectivity index (χ0) is 12.5. The van der Waals surface area contributed by atoms with Gasteiger partial charge in [0.25, 0.3) is 15.5 Å². The topological polar surface area (TPSA) is 70.8 Å². The van der Waals surface area contributed by atoms with Gasteiger partial charge in [-0.25, -0.2) is 22.2 Å². The standard InChI is InChI=1S/C7H2ClF2IN2O2S/c8-16(14,15)5-4(6(9)10)3(1-12)2-13-7(5)11/h2,6H. The van der Waals surface area contributed by atoms with Crippen LogP contribution in [0.15, 0.2) is 11.1 Å². The molecule has 0 bridgehead atoms. The van der Waals surface area contributed by atoms with Crippen LogP contribution in [0.25, 0.3) is 0 Å². The van der Waals surface area contributed by atoms with Gasteiger partial charge >= 0.3 is 0 Å². The smallest absolute Gasteiger partial charge is 0.247 e. The van der Waals surface area contributed by atoms with Gasteiger partial charge in [0.2, 0.25) is 0 Å². The van der Waals surface area contributed by atoms with E-state index in [9.17, 15) is 17.2 Å². The summed E-state index contributed by atoms with van der Waals surface area (Å²) in [5.74, 6) is 0. The van der Waals surface area contributed by atoms with Gasteiger partial charge in [-0.05, 0) is 22.6 Å². The molecular formula is C7H2ClF2IN2O2S. The number of rotatable bonds is 2. The summed E-state index contributed by atoms with van der Waals surface area (Å²) in [4.78, 5) is 2.72. The van der Waals surface area contributed by atoms with Crippen molar-refractivity contribution in [2.24, 2.45) is 0 Å². The predicted octanol–water partition coefficient (Wildman–Crippen LogP) is 2.42. The zero-order valence-corrected chi connectivity index (χ0v) is 11.0. The van der Waals surface area contributed by atoms with E-state index in [4.69, 9.17) is 15.9 Å². The van der Waals surface area contributed by atoms with E-state index in [-0.39, 0.29) is 3.70 Å². The van der Waals surface area contributed by atoms with Crippen molar-refractivity contribution in [3.63, 3.8) is 0 Å². The Labute approximate surface area is 108 Å². The Morgan fingerprint density at radius 1 is 1.56 bits per heavy atom. The Balaban J connectivity index is 3.78. The van der Waals surface area contributed by atoms with Gasteiger partial charge in [-0.3, -0.25) is 0 Å². The van der Waals surface area contributed by atoms with E-state index in [0.717, 1.165) is 6.20 Å². The van der Waals surface area contributed by atoms with Gasteiger partial charge in [0.1, 0.15) is 14.7 Å². The molecule has 4 nitrogen and oxygen atoms in total. The minimum Gasteiger partial charge on any atom is -0.247 e. The monoisotopic (exact) mass is 378 g/mol. The van der Waals surface area contributed by atoms with Gasteiger partial charge in [-0.1, -0.05) is 0 Å². The first-order valence-corrected chi connectivity index (χ1v) is 6.99. The molecule has 0 saturated carbocycles. The van der Waals surface area contributed by atoms with E-state index in [2.05, 4.69) is 4.98 Å². The van der Waals surface area contributed by atoms with Crippen molar-refractivity contribution in [3.8, 4) is 6.07 Å². The maximum absolute atomic E-state index is 12.7. The number of nitrogens with zero attached hydrogens (tertiary/aromatic N) is 2. The number of nitriles is 1. The number of halogens is 4. The maximum Gasteiger partial charge on any atom is 0.266 e. The number of hydrogen-bond acceptors (Lipinski definition) is 4. The predicted molar refractivity (Wildman–Crippen MR) is 59.7 cm³/mol. The molecule has 0 saturated heterocycles. The van der Waals surface area contributed by atoms with Crippen molar-refractivity contribution in [3.05, 3.63) is 21.0 Å². The third-order valence-electron chi connectivity index (χ3n) is 1.61. The van der Waals surface area contributed by atoms with Crippen molar-refractivity contribution in [2.45, 2.75) is 11.3 Å². The van der Waals surface area contributed by atoms with Crippen LogP contribution in [0, 0.1) is 15.0 Å². The molecule has 0 amide bonds. The molecule has 0 aliphatic carbocycles. The molecule has 0 unspecified atom stereocenters. The van der Waals surface area contributed by atoms with Crippen LogP contribution in [0.1, 0.15) is 17.6 Å². The minimum atomic E-state index is -4.37. The van der Waals surface area contributed by atoms with Gasteiger partial charge in [-0.15, -0.1) is 0 Å². The molecule has 1 aromatic rings. The lowest BCUT2D eigenvalue weighted by Crippen LogP contribution is -2.06. The average molecular weight is 379 g/mol. The highest BCUT2D eigenvalue weighted by molar-refractivity contribution is 14.1. The molecule has 0 aliphatic rings. The quantitative estimate of drug-likeness (QED) is 0.450. The molecule has 1 rings (SSSR count). The largest absolute Gasteiger partial charge is 0.266 e. The van der Waals surface area contributed by atoms with Crippen LogP contribution in [0.2, 0.25) is 0 Å². The fourth-order valence-electron chi connectivity index (χ4n) is 1.02. The molecule has 1 heterocycles. The summed E-state index contributed by atoms with van der Waals surface area (Å²) in [5.41, 5.74) is -1.41. The van der Waals surface area contributed by atoms with Gasteiger partial charge in [-0.2, -0.15) is 5.26 Å². The normalized spacial score (nSPS) is 11.5. The SMILES string of the molecule is N#Cc1cnc(I)c(S(=O)(=O)Cl)c1C(F)F. The van der Waals surface area contributed by atoms with Crippen LogP contribution in [0.5, 0.6) is 0 Å². The Morgan fingerprint density at radius 3 is 2.50 bits per heavy atom. The molecule has 0 radical (unpaired) electrons. The molecule has 1 aromatic heterocycles. The molecule has 0 fully saturated rings. The highest BCUT2D eigenvalue weighted by Gasteiger charge is 2.28. The average Bonchev–Trinajstić information content (AvgIpc) is 2.15. The summed E-state index contributed by atoms with van der Waals surface area (Å²) in [6, 6.07) is 1.45. The first kappa shape index (κ1) is 13.5. The minimum absolute atomic E-state index is 0.193. The van der Waals surface area contributed by atoms with Crippen molar-refractivity contribution in [1.82, 2.24) is 4.98 Å². The molecule has 0 spiro atoms. The fourth-order valence-corrected chi connectivity index (χ4v) is 3.89. The summed E-state index contributed by atoms with van der Waals surface area (Å²) >= 11 is 1.46. The molecule has 86 valence electrons. The second-order valence-corrected chi connectivity index (χ2v) is 6.08. The Morgan fingerprint density at radius 2 is 2.12 bits per heavy atom. The summed E-state index contributed by atoms with van der Waals surface area (Å²) in [6.07, 6.45) is -2.23. The number of pyridine rings is 1. The molecule has 0 aliphatic heterocycles. The van der Waals surface area contributed by atoms with E-state index in [0.29, 0.717) is 0 Å². The van der Waals surface area contributed by atoms with Crippen molar-refractivity contribution in [1.29, 1.82) is 5.26 Å². The summed E-state index contributed by atoms with van der Waals surface area (Å²) in [7, 11) is 0.656. The Bertz CT molecular complexity index is 570.